The van der Waals surface area contributed by atoms with Crippen molar-refractivity contribution >= 4 is 33.3 Å². The van der Waals surface area contributed by atoms with Crippen molar-refractivity contribution in [1.82, 2.24) is 15.0 Å². The Balaban J connectivity index is 1.86. The Labute approximate surface area is 168 Å². The maximum absolute atomic E-state index is 12.1. The molecule has 11 heteroatoms. The summed E-state index contributed by atoms with van der Waals surface area (Å²) in [5, 5.41) is 12.8. The molecule has 0 aromatic carbocycles. The average molecular weight is 428 g/mol. The molecule has 1 saturated heterocycles. The lowest BCUT2D eigenvalue weighted by molar-refractivity contribution is -0.0136. The number of aromatic nitrogens is 3. The summed E-state index contributed by atoms with van der Waals surface area (Å²) < 4.78 is 31.9. The van der Waals surface area contributed by atoms with Crippen molar-refractivity contribution in [2.24, 2.45) is 0 Å². The second-order valence-electron chi connectivity index (χ2n) is 6.73. The van der Waals surface area contributed by atoms with E-state index in [4.69, 9.17) is 16.3 Å². The standard InChI is InChI=1S/C17H22ClN5O4S/c1-10(2)28(25,26)23-12-5-11(6-19-7-12)16-13(18)8-20-17(22-16)21-14-3-4-27-9-15(14)24/h5-8,10,14-15,23-24H,3-4,9H2,1-2H3,(H,20,21,22)/t14-,15-/m1/s1. The normalized spacial score (nSPS) is 20.2. The lowest BCUT2D eigenvalue weighted by Crippen LogP contribution is -2.42. The molecule has 1 aliphatic heterocycles. The Hall–Kier alpha value is -2.01. The number of halogens is 1. The molecule has 9 nitrogen and oxygen atoms in total. The molecule has 0 amide bonds. The molecule has 1 fully saturated rings. The Morgan fingerprint density at radius 1 is 1.32 bits per heavy atom. The molecule has 3 rings (SSSR count). The van der Waals surface area contributed by atoms with Crippen LogP contribution in [-0.2, 0) is 14.8 Å². The van der Waals surface area contributed by atoms with E-state index < -0.39 is 21.4 Å². The van der Waals surface area contributed by atoms with Crippen molar-refractivity contribution in [2.45, 2.75) is 37.7 Å². The molecule has 28 heavy (non-hydrogen) atoms. The molecule has 3 N–H and O–H groups in total. The minimum atomic E-state index is -3.50. The fraction of sp³-hybridized carbons (Fsp3) is 0.471. The first-order valence-electron chi connectivity index (χ1n) is 8.78. The van der Waals surface area contributed by atoms with E-state index in [0.29, 0.717) is 40.9 Å². The zero-order valence-electron chi connectivity index (χ0n) is 15.5. The lowest BCUT2D eigenvalue weighted by atomic mass is 10.1. The molecule has 152 valence electrons. The van der Waals surface area contributed by atoms with Gasteiger partial charge in [-0.05, 0) is 26.3 Å². The van der Waals surface area contributed by atoms with Crippen molar-refractivity contribution in [2.75, 3.05) is 23.3 Å². The number of hydrogen-bond acceptors (Lipinski definition) is 8. The van der Waals surface area contributed by atoms with Crippen LogP contribution < -0.4 is 10.0 Å². The van der Waals surface area contributed by atoms with E-state index >= 15 is 0 Å². The summed E-state index contributed by atoms with van der Waals surface area (Å²) in [4.78, 5) is 12.7. The summed E-state index contributed by atoms with van der Waals surface area (Å²) in [6.45, 7) is 3.96. The van der Waals surface area contributed by atoms with Crippen molar-refractivity contribution in [1.29, 1.82) is 0 Å². The topological polar surface area (TPSA) is 126 Å². The predicted octanol–water partition coefficient (Wildman–Crippen LogP) is 1.90. The van der Waals surface area contributed by atoms with E-state index in [1.165, 1.54) is 18.6 Å². The van der Waals surface area contributed by atoms with Gasteiger partial charge in [0, 0.05) is 18.4 Å². The Bertz CT molecular complexity index is 941. The third kappa shape index (κ3) is 4.88. The highest BCUT2D eigenvalue weighted by Gasteiger charge is 2.24. The molecule has 2 aromatic rings. The van der Waals surface area contributed by atoms with Gasteiger partial charge in [-0.15, -0.1) is 0 Å². The van der Waals surface area contributed by atoms with Crippen LogP contribution >= 0.6 is 11.6 Å². The number of pyridine rings is 1. The largest absolute Gasteiger partial charge is 0.389 e. The zero-order chi connectivity index (χ0) is 20.3. The molecule has 0 spiro atoms. The van der Waals surface area contributed by atoms with Crippen LogP contribution in [0.3, 0.4) is 0 Å². The molecular formula is C17H22ClN5O4S. The van der Waals surface area contributed by atoms with Gasteiger partial charge in [0.25, 0.3) is 0 Å². The van der Waals surface area contributed by atoms with Crippen LogP contribution in [0.15, 0.2) is 24.7 Å². The van der Waals surface area contributed by atoms with E-state index in [-0.39, 0.29) is 12.6 Å². The molecule has 3 heterocycles. The number of aliphatic hydroxyl groups excluding tert-OH is 1. The Kier molecular flexibility index (Phi) is 6.33. The molecule has 0 aliphatic carbocycles. The van der Waals surface area contributed by atoms with E-state index in [0.717, 1.165) is 0 Å². The number of rotatable bonds is 6. The fourth-order valence-corrected chi connectivity index (χ4v) is 3.48. The predicted molar refractivity (Wildman–Crippen MR) is 107 cm³/mol. The van der Waals surface area contributed by atoms with E-state index in [9.17, 15) is 13.5 Å². The third-order valence-electron chi connectivity index (χ3n) is 4.28. The summed E-state index contributed by atoms with van der Waals surface area (Å²) in [6, 6.07) is 1.37. The van der Waals surface area contributed by atoms with Crippen LogP contribution in [0.4, 0.5) is 11.6 Å². The van der Waals surface area contributed by atoms with Gasteiger partial charge in [0.2, 0.25) is 16.0 Å². The quantitative estimate of drug-likeness (QED) is 0.638. The van der Waals surface area contributed by atoms with E-state index in [1.807, 2.05) is 0 Å². The highest BCUT2D eigenvalue weighted by Crippen LogP contribution is 2.28. The van der Waals surface area contributed by atoms with Gasteiger partial charge in [-0.1, -0.05) is 11.6 Å². The second-order valence-corrected chi connectivity index (χ2v) is 9.37. The van der Waals surface area contributed by atoms with Crippen molar-refractivity contribution in [3.63, 3.8) is 0 Å². The molecule has 0 bridgehead atoms. The van der Waals surface area contributed by atoms with Crippen LogP contribution in [0.25, 0.3) is 11.3 Å². The molecule has 2 atom stereocenters. The number of sulfonamides is 1. The SMILES string of the molecule is CC(C)S(=O)(=O)Nc1cncc(-c2nc(N[C@@H]3CCOC[C@H]3O)ncc2Cl)c1. The summed E-state index contributed by atoms with van der Waals surface area (Å²) in [6.07, 6.45) is 4.36. The minimum absolute atomic E-state index is 0.231. The molecular weight excluding hydrogens is 406 g/mol. The average Bonchev–Trinajstić information content (AvgIpc) is 2.65. The summed E-state index contributed by atoms with van der Waals surface area (Å²) >= 11 is 6.25. The third-order valence-corrected chi connectivity index (χ3v) is 6.32. The fourth-order valence-electron chi connectivity index (χ4n) is 2.60. The number of nitrogens with zero attached hydrogens (tertiary/aromatic N) is 3. The van der Waals surface area contributed by atoms with Gasteiger partial charge in [0.05, 0.1) is 52.8 Å². The Morgan fingerprint density at radius 3 is 2.82 bits per heavy atom. The lowest BCUT2D eigenvalue weighted by Gasteiger charge is -2.28. The summed E-state index contributed by atoms with van der Waals surface area (Å²) in [7, 11) is -3.50. The maximum Gasteiger partial charge on any atom is 0.235 e. The van der Waals surface area contributed by atoms with E-state index in [2.05, 4.69) is 25.0 Å². The van der Waals surface area contributed by atoms with Gasteiger partial charge >= 0.3 is 0 Å². The molecule has 2 aromatic heterocycles. The van der Waals surface area contributed by atoms with Crippen LogP contribution in [-0.4, -0.2) is 59.1 Å². The van der Waals surface area contributed by atoms with Gasteiger partial charge in [-0.2, -0.15) is 0 Å². The van der Waals surface area contributed by atoms with Crippen LogP contribution in [0.5, 0.6) is 0 Å². The summed E-state index contributed by atoms with van der Waals surface area (Å²) in [5.41, 5.74) is 1.25. The number of hydrogen-bond donors (Lipinski definition) is 3. The minimum Gasteiger partial charge on any atom is -0.389 e. The highest BCUT2D eigenvalue weighted by molar-refractivity contribution is 7.93. The molecule has 0 saturated carbocycles. The first-order chi connectivity index (χ1) is 13.3. The number of nitrogens with one attached hydrogen (secondary N) is 2. The molecule has 1 aliphatic rings. The highest BCUT2D eigenvalue weighted by atomic mass is 35.5. The molecule has 0 unspecified atom stereocenters. The maximum atomic E-state index is 12.1. The number of aliphatic hydroxyl groups is 1. The van der Waals surface area contributed by atoms with Gasteiger partial charge < -0.3 is 15.2 Å². The zero-order valence-corrected chi connectivity index (χ0v) is 17.0. The van der Waals surface area contributed by atoms with Gasteiger partial charge in [-0.25, -0.2) is 18.4 Å². The van der Waals surface area contributed by atoms with Crippen molar-refractivity contribution in [3.05, 3.63) is 29.7 Å². The van der Waals surface area contributed by atoms with Gasteiger partial charge in [-0.3, -0.25) is 9.71 Å². The second kappa shape index (κ2) is 8.56. The van der Waals surface area contributed by atoms with Crippen LogP contribution in [0, 0.1) is 0 Å². The summed E-state index contributed by atoms with van der Waals surface area (Å²) in [5.74, 6) is 0.304. The number of anilines is 2. The first-order valence-corrected chi connectivity index (χ1v) is 10.7. The van der Waals surface area contributed by atoms with Crippen LogP contribution in [0.2, 0.25) is 5.02 Å². The Morgan fingerprint density at radius 2 is 2.11 bits per heavy atom. The van der Waals surface area contributed by atoms with Gasteiger partial charge in [0.15, 0.2) is 0 Å². The van der Waals surface area contributed by atoms with E-state index in [1.54, 1.807) is 19.9 Å². The monoisotopic (exact) mass is 427 g/mol. The van der Waals surface area contributed by atoms with Crippen molar-refractivity contribution in [3.8, 4) is 11.3 Å². The van der Waals surface area contributed by atoms with Crippen molar-refractivity contribution < 1.29 is 18.3 Å². The number of ether oxygens (including phenoxy) is 1. The smallest absolute Gasteiger partial charge is 0.235 e. The van der Waals surface area contributed by atoms with Crippen LogP contribution in [0.1, 0.15) is 20.3 Å². The molecule has 0 radical (unpaired) electrons. The van der Waals surface area contributed by atoms with Gasteiger partial charge in [0.1, 0.15) is 0 Å². The first kappa shape index (κ1) is 20.7.